The normalized spacial score (nSPS) is 10.1. The predicted octanol–water partition coefficient (Wildman–Crippen LogP) is 0.142. The van der Waals surface area contributed by atoms with Crippen LogP contribution in [0, 0.1) is 0 Å². The van der Waals surface area contributed by atoms with Crippen LogP contribution in [0.1, 0.15) is 5.56 Å². The van der Waals surface area contributed by atoms with E-state index in [4.69, 9.17) is 5.73 Å². The van der Waals surface area contributed by atoms with Crippen molar-refractivity contribution < 1.29 is 4.79 Å². The highest BCUT2D eigenvalue weighted by atomic mass is 16.2. The Kier molecular flexibility index (Phi) is 3.92. The van der Waals surface area contributed by atoms with E-state index >= 15 is 0 Å². The summed E-state index contributed by atoms with van der Waals surface area (Å²) in [5, 5.41) is 6.51. The smallest absolute Gasteiger partial charge is 0.269 e. The maximum absolute atomic E-state index is 11.7. The number of carbonyl (C=O) groups is 1. The van der Waals surface area contributed by atoms with E-state index in [9.17, 15) is 9.59 Å². The molecule has 0 bridgehead atoms. The summed E-state index contributed by atoms with van der Waals surface area (Å²) in [7, 11) is 0. The molecule has 0 unspecified atom stereocenters. The van der Waals surface area contributed by atoms with Crippen molar-refractivity contribution in [3.8, 4) is 0 Å². The monoisotopic (exact) mass is 258 g/mol. The van der Waals surface area contributed by atoms with Crippen molar-refractivity contribution >= 4 is 11.6 Å². The van der Waals surface area contributed by atoms with Gasteiger partial charge in [-0.15, -0.1) is 0 Å². The highest BCUT2D eigenvalue weighted by molar-refractivity contribution is 5.75. The minimum atomic E-state index is -0.394. The number of aromatic nitrogens is 2. The van der Waals surface area contributed by atoms with Crippen molar-refractivity contribution in [2.24, 2.45) is 0 Å². The zero-order chi connectivity index (χ0) is 13.7. The van der Waals surface area contributed by atoms with Gasteiger partial charge in [-0.05, 0) is 5.56 Å². The minimum Gasteiger partial charge on any atom is -0.397 e. The second kappa shape index (κ2) is 5.81. The van der Waals surface area contributed by atoms with Gasteiger partial charge in [0.2, 0.25) is 5.91 Å². The molecular weight excluding hydrogens is 244 g/mol. The van der Waals surface area contributed by atoms with Gasteiger partial charge >= 0.3 is 0 Å². The summed E-state index contributed by atoms with van der Waals surface area (Å²) in [6.45, 7) is 0.301. The molecule has 0 aliphatic carbocycles. The van der Waals surface area contributed by atoms with Gasteiger partial charge in [0.25, 0.3) is 5.56 Å². The Bertz CT molecular complexity index is 622. The molecule has 2 rings (SSSR count). The zero-order valence-corrected chi connectivity index (χ0v) is 10.2. The number of benzene rings is 1. The molecule has 2 aromatic rings. The van der Waals surface area contributed by atoms with E-state index in [-0.39, 0.29) is 18.1 Å². The fraction of sp³-hybridized carbons (Fsp3) is 0.154. The molecule has 3 N–H and O–H groups in total. The molecule has 0 atom stereocenters. The lowest BCUT2D eigenvalue weighted by Crippen LogP contribution is -2.33. The molecule has 0 aliphatic rings. The van der Waals surface area contributed by atoms with Gasteiger partial charge in [0.15, 0.2) is 0 Å². The molecule has 0 radical (unpaired) electrons. The maximum atomic E-state index is 11.7. The lowest BCUT2D eigenvalue weighted by atomic mass is 10.2. The Balaban J connectivity index is 1.93. The van der Waals surface area contributed by atoms with Gasteiger partial charge in [0, 0.05) is 12.6 Å². The van der Waals surface area contributed by atoms with Crippen LogP contribution in [0.15, 0.2) is 47.4 Å². The van der Waals surface area contributed by atoms with Gasteiger partial charge in [-0.1, -0.05) is 30.3 Å². The molecule has 1 amide bonds. The third-order valence-electron chi connectivity index (χ3n) is 2.52. The fourth-order valence-corrected chi connectivity index (χ4v) is 1.55. The summed E-state index contributed by atoms with van der Waals surface area (Å²) < 4.78 is 1.07. The first-order chi connectivity index (χ1) is 9.15. The van der Waals surface area contributed by atoms with Gasteiger partial charge in [0.05, 0.1) is 11.9 Å². The van der Waals surface area contributed by atoms with Crippen molar-refractivity contribution in [3.63, 3.8) is 0 Å². The minimum absolute atomic E-state index is 0.119. The Hall–Kier alpha value is -2.63. The summed E-state index contributed by atoms with van der Waals surface area (Å²) in [4.78, 5) is 23.2. The SMILES string of the molecule is Nc1cnn(CC(=O)NCc2ccccc2)c(=O)c1. The van der Waals surface area contributed by atoms with E-state index in [0.717, 1.165) is 10.2 Å². The van der Waals surface area contributed by atoms with Crippen molar-refractivity contribution in [3.05, 3.63) is 58.5 Å². The number of rotatable bonds is 4. The summed E-state index contributed by atoms with van der Waals surface area (Å²) in [5.74, 6) is -0.275. The third-order valence-corrected chi connectivity index (χ3v) is 2.52. The van der Waals surface area contributed by atoms with Crippen molar-refractivity contribution in [2.75, 3.05) is 5.73 Å². The number of nitrogens with two attached hydrogens (primary N) is 1. The number of nitrogens with one attached hydrogen (secondary N) is 1. The van der Waals surface area contributed by atoms with Crippen LogP contribution >= 0.6 is 0 Å². The van der Waals surface area contributed by atoms with E-state index in [1.54, 1.807) is 0 Å². The molecule has 1 aromatic heterocycles. The number of hydrogen-bond donors (Lipinski definition) is 2. The van der Waals surface area contributed by atoms with Crippen LogP contribution < -0.4 is 16.6 Å². The van der Waals surface area contributed by atoms with Crippen LogP contribution in [0.3, 0.4) is 0 Å². The molecule has 0 fully saturated rings. The Morgan fingerprint density at radius 2 is 2.05 bits per heavy atom. The lowest BCUT2D eigenvalue weighted by molar-refractivity contribution is -0.122. The lowest BCUT2D eigenvalue weighted by Gasteiger charge is -2.06. The highest BCUT2D eigenvalue weighted by Crippen LogP contribution is 1.97. The van der Waals surface area contributed by atoms with Crippen LogP contribution in [-0.4, -0.2) is 15.7 Å². The average Bonchev–Trinajstić information content (AvgIpc) is 2.41. The van der Waals surface area contributed by atoms with Crippen LogP contribution in [0.4, 0.5) is 5.69 Å². The van der Waals surface area contributed by atoms with Crippen LogP contribution in [0.2, 0.25) is 0 Å². The van der Waals surface area contributed by atoms with Crippen molar-refractivity contribution in [1.29, 1.82) is 0 Å². The van der Waals surface area contributed by atoms with E-state index in [1.165, 1.54) is 12.3 Å². The first-order valence-electron chi connectivity index (χ1n) is 5.78. The van der Waals surface area contributed by atoms with Crippen LogP contribution in [-0.2, 0) is 17.9 Å². The highest BCUT2D eigenvalue weighted by Gasteiger charge is 2.05. The first kappa shape index (κ1) is 12.8. The molecule has 1 aromatic carbocycles. The van der Waals surface area contributed by atoms with Gasteiger partial charge < -0.3 is 11.1 Å². The second-order valence-electron chi connectivity index (χ2n) is 4.05. The summed E-state index contributed by atoms with van der Waals surface area (Å²) in [5.41, 5.74) is 6.30. The molecule has 6 heteroatoms. The first-order valence-corrected chi connectivity index (χ1v) is 5.78. The van der Waals surface area contributed by atoms with Crippen LogP contribution in [0.5, 0.6) is 0 Å². The quantitative estimate of drug-likeness (QED) is 0.816. The van der Waals surface area contributed by atoms with Gasteiger partial charge in [0.1, 0.15) is 6.54 Å². The van der Waals surface area contributed by atoms with E-state index in [2.05, 4.69) is 10.4 Å². The molecule has 6 nitrogen and oxygen atoms in total. The second-order valence-corrected chi connectivity index (χ2v) is 4.05. The van der Waals surface area contributed by atoms with Gasteiger partial charge in [-0.3, -0.25) is 9.59 Å². The van der Waals surface area contributed by atoms with Crippen molar-refractivity contribution in [1.82, 2.24) is 15.1 Å². The maximum Gasteiger partial charge on any atom is 0.269 e. The average molecular weight is 258 g/mol. The Labute approximate surface area is 109 Å². The number of nitrogens with zero attached hydrogens (tertiary/aromatic N) is 2. The molecule has 0 saturated carbocycles. The number of carbonyl (C=O) groups excluding carboxylic acids is 1. The molecule has 19 heavy (non-hydrogen) atoms. The van der Waals surface area contributed by atoms with E-state index < -0.39 is 5.56 Å². The Morgan fingerprint density at radius 3 is 2.74 bits per heavy atom. The molecule has 0 aliphatic heterocycles. The van der Waals surface area contributed by atoms with Gasteiger partial charge in [-0.2, -0.15) is 5.10 Å². The van der Waals surface area contributed by atoms with Crippen LogP contribution in [0.25, 0.3) is 0 Å². The zero-order valence-electron chi connectivity index (χ0n) is 10.2. The number of hydrogen-bond acceptors (Lipinski definition) is 4. The summed E-state index contributed by atoms with van der Waals surface area (Å²) in [6.07, 6.45) is 1.34. The largest absolute Gasteiger partial charge is 0.397 e. The van der Waals surface area contributed by atoms with Crippen molar-refractivity contribution in [2.45, 2.75) is 13.1 Å². The molecule has 0 saturated heterocycles. The third kappa shape index (κ3) is 3.67. The molecular formula is C13H14N4O2. The number of amides is 1. The molecule has 1 heterocycles. The summed E-state index contributed by atoms with van der Waals surface area (Å²) in [6, 6.07) is 10.8. The van der Waals surface area contributed by atoms with E-state index in [1.807, 2.05) is 30.3 Å². The fourth-order valence-electron chi connectivity index (χ4n) is 1.55. The topological polar surface area (TPSA) is 90.0 Å². The van der Waals surface area contributed by atoms with E-state index in [0.29, 0.717) is 6.54 Å². The predicted molar refractivity (Wildman–Crippen MR) is 71.2 cm³/mol. The van der Waals surface area contributed by atoms with Gasteiger partial charge in [-0.25, -0.2) is 4.68 Å². The Morgan fingerprint density at radius 1 is 1.32 bits per heavy atom. The number of anilines is 1. The molecule has 0 spiro atoms. The standard InChI is InChI=1S/C13H14N4O2/c14-11-6-13(19)17(16-8-11)9-12(18)15-7-10-4-2-1-3-5-10/h1-6,8H,7,9,14H2,(H,15,18). The molecule has 98 valence electrons. The number of nitrogen functional groups attached to an aromatic ring is 1. The summed E-state index contributed by atoms with van der Waals surface area (Å²) >= 11 is 0.